The highest BCUT2D eigenvalue weighted by Crippen LogP contribution is 2.45. The van der Waals surface area contributed by atoms with Crippen molar-refractivity contribution in [2.24, 2.45) is 4.99 Å². The molecular formula is C17H11NO3. The van der Waals surface area contributed by atoms with Gasteiger partial charge in [0.1, 0.15) is 0 Å². The predicted molar refractivity (Wildman–Crippen MR) is 76.6 cm³/mol. The maximum atomic E-state index is 12.9. The van der Waals surface area contributed by atoms with Gasteiger partial charge in [0, 0.05) is 23.2 Å². The van der Waals surface area contributed by atoms with E-state index in [2.05, 4.69) is 4.99 Å². The summed E-state index contributed by atoms with van der Waals surface area (Å²) in [4.78, 5) is 17.6. The summed E-state index contributed by atoms with van der Waals surface area (Å²) in [6.07, 6.45) is 0.831. The van der Waals surface area contributed by atoms with Crippen LogP contribution in [0.5, 0.6) is 11.5 Å². The first-order chi connectivity index (χ1) is 10.3. The lowest BCUT2D eigenvalue weighted by Crippen LogP contribution is -2.26. The summed E-state index contributed by atoms with van der Waals surface area (Å²) in [5.74, 6) is 1.26. The topological polar surface area (TPSA) is 47.9 Å². The zero-order valence-electron chi connectivity index (χ0n) is 11.2. The molecule has 4 nitrogen and oxygen atoms in total. The highest BCUT2D eigenvalue weighted by atomic mass is 16.7. The van der Waals surface area contributed by atoms with Crippen molar-refractivity contribution in [3.05, 3.63) is 58.1 Å². The summed E-state index contributed by atoms with van der Waals surface area (Å²) in [7, 11) is 0. The zero-order valence-corrected chi connectivity index (χ0v) is 11.2. The quantitative estimate of drug-likeness (QED) is 0.633. The number of hydrogen-bond acceptors (Lipinski definition) is 4. The molecule has 0 N–H and O–H groups in total. The number of aliphatic imine (C=N–C) groups is 1. The van der Waals surface area contributed by atoms with Crippen molar-refractivity contribution in [3.8, 4) is 11.5 Å². The normalized spacial score (nSPS) is 17.1. The first kappa shape index (κ1) is 11.1. The second-order valence-electron chi connectivity index (χ2n) is 5.37. The number of rotatable bonds is 0. The van der Waals surface area contributed by atoms with Gasteiger partial charge in [-0.25, -0.2) is 0 Å². The number of ketones is 1. The molecule has 5 rings (SSSR count). The maximum Gasteiger partial charge on any atom is 0.231 e. The van der Waals surface area contributed by atoms with Crippen LogP contribution in [0.15, 0.2) is 35.3 Å². The number of carbonyl (C=O) groups excluding carboxylic acids is 1. The van der Waals surface area contributed by atoms with Crippen LogP contribution in [0.1, 0.15) is 32.6 Å². The lowest BCUT2D eigenvalue weighted by atomic mass is 9.79. The van der Waals surface area contributed by atoms with Crippen molar-refractivity contribution < 1.29 is 14.3 Å². The molecule has 3 aliphatic rings. The van der Waals surface area contributed by atoms with Gasteiger partial charge in [-0.15, -0.1) is 0 Å². The van der Waals surface area contributed by atoms with Gasteiger partial charge in [0.2, 0.25) is 6.79 Å². The third-order valence-electron chi connectivity index (χ3n) is 4.29. The molecule has 2 heterocycles. The Balaban J connectivity index is 1.93. The maximum absolute atomic E-state index is 12.9. The van der Waals surface area contributed by atoms with Crippen molar-refractivity contribution >= 4 is 11.5 Å². The van der Waals surface area contributed by atoms with E-state index in [9.17, 15) is 4.79 Å². The molecule has 1 aliphatic carbocycles. The van der Waals surface area contributed by atoms with Crippen molar-refractivity contribution in [2.45, 2.75) is 6.42 Å². The third-order valence-corrected chi connectivity index (χ3v) is 4.29. The molecule has 21 heavy (non-hydrogen) atoms. The van der Waals surface area contributed by atoms with Gasteiger partial charge in [0.05, 0.1) is 11.3 Å². The molecule has 102 valence electrons. The van der Waals surface area contributed by atoms with E-state index in [1.54, 1.807) is 0 Å². The van der Waals surface area contributed by atoms with E-state index in [1.165, 1.54) is 0 Å². The van der Waals surface area contributed by atoms with Crippen LogP contribution in [0.2, 0.25) is 0 Å². The fourth-order valence-electron chi connectivity index (χ4n) is 3.39. The number of carbonyl (C=O) groups is 1. The average Bonchev–Trinajstić information content (AvgIpc) is 2.99. The first-order valence-electron chi connectivity index (χ1n) is 6.99. The molecule has 0 bridgehead atoms. The molecule has 0 amide bonds. The van der Waals surface area contributed by atoms with E-state index >= 15 is 0 Å². The lowest BCUT2D eigenvalue weighted by molar-refractivity contribution is 0.103. The van der Waals surface area contributed by atoms with Crippen LogP contribution in [0, 0.1) is 0 Å². The van der Waals surface area contributed by atoms with Crippen molar-refractivity contribution in [1.29, 1.82) is 0 Å². The molecule has 0 radical (unpaired) electrons. The average molecular weight is 277 g/mol. The molecule has 0 unspecified atom stereocenters. The Morgan fingerprint density at radius 2 is 1.90 bits per heavy atom. The first-order valence-corrected chi connectivity index (χ1v) is 6.99. The Morgan fingerprint density at radius 3 is 2.81 bits per heavy atom. The molecular weight excluding hydrogens is 266 g/mol. The Labute approximate surface area is 121 Å². The van der Waals surface area contributed by atoms with Gasteiger partial charge in [-0.2, -0.15) is 0 Å². The molecule has 2 aromatic carbocycles. The molecule has 4 heteroatoms. The van der Waals surface area contributed by atoms with Gasteiger partial charge in [-0.1, -0.05) is 24.3 Å². The molecule has 2 aliphatic heterocycles. The lowest BCUT2D eigenvalue weighted by Gasteiger charge is -2.26. The van der Waals surface area contributed by atoms with Gasteiger partial charge in [-0.3, -0.25) is 9.79 Å². The standard InChI is InChI=1S/C17H11NO3/c19-16-11-4-2-1-3-10(11)15-13-9(5-6-18-15)7-12-17(14(13)16)21-8-20-12/h1-4,7H,5-6,8H2. The second kappa shape index (κ2) is 3.73. The summed E-state index contributed by atoms with van der Waals surface area (Å²) in [5.41, 5.74) is 5.23. The van der Waals surface area contributed by atoms with Crippen molar-refractivity contribution in [2.75, 3.05) is 13.3 Å². The van der Waals surface area contributed by atoms with E-state index in [0.29, 0.717) is 22.6 Å². The molecule has 0 saturated heterocycles. The largest absolute Gasteiger partial charge is 0.454 e. The summed E-state index contributed by atoms with van der Waals surface area (Å²) >= 11 is 0. The van der Waals surface area contributed by atoms with Crippen molar-refractivity contribution in [3.63, 3.8) is 0 Å². The van der Waals surface area contributed by atoms with Crippen LogP contribution in [0.4, 0.5) is 0 Å². The summed E-state index contributed by atoms with van der Waals surface area (Å²) in [6, 6.07) is 9.64. The third kappa shape index (κ3) is 1.29. The minimum atomic E-state index is 0.00468. The monoisotopic (exact) mass is 277 g/mol. The van der Waals surface area contributed by atoms with E-state index in [-0.39, 0.29) is 12.6 Å². The summed E-state index contributed by atoms with van der Waals surface area (Å²) in [6.45, 7) is 0.913. The summed E-state index contributed by atoms with van der Waals surface area (Å²) in [5, 5.41) is 0. The van der Waals surface area contributed by atoms with Crippen LogP contribution in [-0.4, -0.2) is 24.8 Å². The van der Waals surface area contributed by atoms with Crippen LogP contribution in [0.3, 0.4) is 0 Å². The van der Waals surface area contributed by atoms with Gasteiger partial charge in [0.15, 0.2) is 17.3 Å². The van der Waals surface area contributed by atoms with Crippen LogP contribution in [0.25, 0.3) is 0 Å². The van der Waals surface area contributed by atoms with E-state index in [0.717, 1.165) is 35.4 Å². The number of benzene rings is 2. The highest BCUT2D eigenvalue weighted by Gasteiger charge is 2.37. The summed E-state index contributed by atoms with van der Waals surface area (Å²) < 4.78 is 11.0. The van der Waals surface area contributed by atoms with Gasteiger partial charge >= 0.3 is 0 Å². The molecule has 0 spiro atoms. The van der Waals surface area contributed by atoms with Gasteiger partial charge in [0.25, 0.3) is 0 Å². The molecule has 0 aromatic heterocycles. The molecule has 0 fully saturated rings. The minimum absolute atomic E-state index is 0.00468. The van der Waals surface area contributed by atoms with Crippen molar-refractivity contribution in [1.82, 2.24) is 0 Å². The Kier molecular flexibility index (Phi) is 1.97. The number of fused-ring (bicyclic) bond motifs is 4. The number of ether oxygens (including phenoxy) is 2. The minimum Gasteiger partial charge on any atom is -0.454 e. The van der Waals surface area contributed by atoms with Gasteiger partial charge < -0.3 is 9.47 Å². The predicted octanol–water partition coefficient (Wildman–Crippen LogP) is 2.35. The second-order valence-corrected chi connectivity index (χ2v) is 5.37. The molecule has 0 saturated carbocycles. The van der Waals surface area contributed by atoms with E-state index in [1.807, 2.05) is 30.3 Å². The molecule has 2 aromatic rings. The molecule has 0 atom stereocenters. The van der Waals surface area contributed by atoms with Crippen LogP contribution < -0.4 is 9.47 Å². The van der Waals surface area contributed by atoms with Gasteiger partial charge in [-0.05, 0) is 18.1 Å². The van der Waals surface area contributed by atoms with Crippen LogP contribution >= 0.6 is 0 Å². The number of hydrogen-bond donors (Lipinski definition) is 0. The van der Waals surface area contributed by atoms with Crippen LogP contribution in [-0.2, 0) is 6.42 Å². The Bertz CT molecular complexity index is 851. The Morgan fingerprint density at radius 1 is 1.05 bits per heavy atom. The SMILES string of the molecule is O=C1c2ccccc2C2=NCCc3cc4c(c1c32)OCO4. The van der Waals surface area contributed by atoms with E-state index < -0.39 is 0 Å². The zero-order chi connectivity index (χ0) is 14.0. The number of nitrogens with zero attached hydrogens (tertiary/aromatic N) is 1. The fourth-order valence-corrected chi connectivity index (χ4v) is 3.39. The fraction of sp³-hybridized carbons (Fsp3) is 0.176. The smallest absolute Gasteiger partial charge is 0.231 e. The van der Waals surface area contributed by atoms with E-state index in [4.69, 9.17) is 9.47 Å². The Hall–Kier alpha value is -2.62. The highest BCUT2D eigenvalue weighted by molar-refractivity contribution is 6.32.